The van der Waals surface area contributed by atoms with Crippen molar-refractivity contribution in [2.45, 2.75) is 32.6 Å². The molecule has 9 heteroatoms. The molecule has 156 valence electrons. The molecule has 0 aliphatic carbocycles. The summed E-state index contributed by atoms with van der Waals surface area (Å²) >= 11 is 7.38. The van der Waals surface area contributed by atoms with Gasteiger partial charge in [-0.05, 0) is 35.7 Å². The zero-order valence-electron chi connectivity index (χ0n) is 16.7. The second-order valence-electron chi connectivity index (χ2n) is 7.48. The molecule has 1 aromatic carbocycles. The van der Waals surface area contributed by atoms with Crippen LogP contribution in [0, 0.1) is 5.82 Å². The van der Waals surface area contributed by atoms with Crippen LogP contribution in [0.15, 0.2) is 37.1 Å². The zero-order chi connectivity index (χ0) is 22.1. The van der Waals surface area contributed by atoms with Gasteiger partial charge in [0.05, 0.1) is 21.3 Å². The molecule has 0 aliphatic rings. The Bertz CT molecular complexity index is 1120. The molecule has 0 spiro atoms. The van der Waals surface area contributed by atoms with Gasteiger partial charge in [0.2, 0.25) is 5.28 Å². The van der Waals surface area contributed by atoms with Crippen molar-refractivity contribution < 1.29 is 13.9 Å². The van der Waals surface area contributed by atoms with Crippen molar-refractivity contribution >= 4 is 29.0 Å². The number of primary amides is 1. The number of amides is 1. The van der Waals surface area contributed by atoms with E-state index in [-0.39, 0.29) is 22.0 Å². The fourth-order valence-corrected chi connectivity index (χ4v) is 4.06. The molecule has 2 aromatic heterocycles. The molecule has 0 fully saturated rings. The lowest BCUT2D eigenvalue weighted by atomic mass is 9.97. The first-order valence-corrected chi connectivity index (χ1v) is 10.2. The Hall–Kier alpha value is -2.84. The lowest BCUT2D eigenvalue weighted by Crippen LogP contribution is -2.17. The molecule has 0 unspecified atom stereocenters. The summed E-state index contributed by atoms with van der Waals surface area (Å²) in [5, 5.41) is 0.856. The third kappa shape index (κ3) is 4.49. The van der Waals surface area contributed by atoms with Crippen LogP contribution in [0.1, 0.15) is 31.3 Å². The number of ether oxygens (including phenoxy) is 1. The minimum absolute atomic E-state index is 0.0711. The summed E-state index contributed by atoms with van der Waals surface area (Å²) in [7, 11) is 0. The number of nitrogens with two attached hydrogens (primary N) is 1. The van der Waals surface area contributed by atoms with E-state index in [2.05, 4.69) is 16.5 Å². The van der Waals surface area contributed by atoms with Gasteiger partial charge in [0.25, 0.3) is 0 Å². The number of aromatic nitrogens is 3. The highest BCUT2D eigenvalue weighted by Gasteiger charge is 2.28. The van der Waals surface area contributed by atoms with Gasteiger partial charge in [-0.3, -0.25) is 0 Å². The number of hydrogen-bond acceptors (Lipinski definition) is 6. The first-order chi connectivity index (χ1) is 14.1. The lowest BCUT2D eigenvalue weighted by molar-refractivity contribution is 0.209. The first kappa shape index (κ1) is 21.9. The van der Waals surface area contributed by atoms with E-state index in [4.69, 9.17) is 27.1 Å². The van der Waals surface area contributed by atoms with Crippen molar-refractivity contribution in [3.05, 3.63) is 58.7 Å². The van der Waals surface area contributed by atoms with E-state index in [0.717, 1.165) is 5.01 Å². The van der Waals surface area contributed by atoms with Gasteiger partial charge < -0.3 is 10.5 Å². The molecule has 1 amide bonds. The predicted molar refractivity (Wildman–Crippen MR) is 116 cm³/mol. The Morgan fingerprint density at radius 3 is 2.67 bits per heavy atom. The Morgan fingerprint density at radius 1 is 1.33 bits per heavy atom. The van der Waals surface area contributed by atoms with E-state index < -0.39 is 11.9 Å². The van der Waals surface area contributed by atoms with Crippen LogP contribution >= 0.6 is 22.9 Å². The summed E-state index contributed by atoms with van der Waals surface area (Å²) in [5.41, 5.74) is 6.53. The van der Waals surface area contributed by atoms with E-state index in [1.54, 1.807) is 18.2 Å². The minimum Gasteiger partial charge on any atom is -0.407 e. The second kappa shape index (κ2) is 8.49. The van der Waals surface area contributed by atoms with Crippen LogP contribution in [0.5, 0.6) is 5.75 Å². The van der Waals surface area contributed by atoms with Crippen molar-refractivity contribution in [3.8, 4) is 27.6 Å². The van der Waals surface area contributed by atoms with Crippen LogP contribution in [0.3, 0.4) is 0 Å². The average Bonchev–Trinajstić information content (AvgIpc) is 3.09. The number of carbonyl (C=O) groups excluding carboxylic acids is 1. The van der Waals surface area contributed by atoms with Gasteiger partial charge in [0.15, 0.2) is 11.6 Å². The summed E-state index contributed by atoms with van der Waals surface area (Å²) in [6.07, 6.45) is 2.46. The van der Waals surface area contributed by atoms with Crippen molar-refractivity contribution in [2.24, 2.45) is 5.73 Å². The topological polar surface area (TPSA) is 91.0 Å². The van der Waals surface area contributed by atoms with Crippen LogP contribution in [-0.4, -0.2) is 21.0 Å². The Labute approximate surface area is 182 Å². The van der Waals surface area contributed by atoms with E-state index in [9.17, 15) is 4.79 Å². The lowest BCUT2D eigenvalue weighted by Gasteiger charge is -2.14. The molecule has 0 radical (unpaired) electrons. The van der Waals surface area contributed by atoms with E-state index in [1.165, 1.54) is 23.6 Å². The van der Waals surface area contributed by atoms with Crippen LogP contribution < -0.4 is 10.5 Å². The molecule has 0 bridgehead atoms. The molecule has 30 heavy (non-hydrogen) atoms. The third-order valence-corrected chi connectivity index (χ3v) is 5.82. The molecule has 0 atom stereocenters. The van der Waals surface area contributed by atoms with Gasteiger partial charge in [0, 0.05) is 17.2 Å². The molecule has 3 rings (SSSR count). The third-order valence-electron chi connectivity index (χ3n) is 4.13. The molecular weight excluding hydrogens is 427 g/mol. The fourth-order valence-electron chi connectivity index (χ4n) is 2.81. The molecule has 0 saturated heterocycles. The Balaban J connectivity index is 2.34. The SMILES string of the molecule is C=CCc1ccc(OC(N)=O)c(F)c1-c1nc(C(C)(C)C)sc1-c1ccnc(Cl)n1. The number of nitrogens with zero attached hydrogens (tertiary/aromatic N) is 3. The fraction of sp³-hybridized carbons (Fsp3) is 0.238. The maximum Gasteiger partial charge on any atom is 0.410 e. The number of rotatable bonds is 5. The van der Waals surface area contributed by atoms with Crippen LogP contribution in [0.25, 0.3) is 21.8 Å². The molecule has 0 aliphatic heterocycles. The van der Waals surface area contributed by atoms with Gasteiger partial charge in [-0.1, -0.05) is 32.9 Å². The molecule has 6 nitrogen and oxygen atoms in total. The summed E-state index contributed by atoms with van der Waals surface area (Å²) in [6, 6.07) is 4.70. The summed E-state index contributed by atoms with van der Waals surface area (Å²) in [5.74, 6) is -1.01. The number of allylic oxidation sites excluding steroid dienone is 1. The van der Waals surface area contributed by atoms with Crippen molar-refractivity contribution in [1.29, 1.82) is 0 Å². The van der Waals surface area contributed by atoms with E-state index in [0.29, 0.717) is 28.2 Å². The zero-order valence-corrected chi connectivity index (χ0v) is 18.3. The van der Waals surface area contributed by atoms with Gasteiger partial charge in [0.1, 0.15) is 0 Å². The maximum atomic E-state index is 15.5. The number of thiazole rings is 1. The smallest absolute Gasteiger partial charge is 0.407 e. The summed E-state index contributed by atoms with van der Waals surface area (Å²) in [4.78, 5) is 24.8. The van der Waals surface area contributed by atoms with Crippen molar-refractivity contribution in [3.63, 3.8) is 0 Å². The van der Waals surface area contributed by atoms with E-state index in [1.807, 2.05) is 20.8 Å². The van der Waals surface area contributed by atoms with E-state index >= 15 is 4.39 Å². The standard InChI is InChI=1S/C21H20ClFN4O2S/c1-5-6-11-7-8-13(29-20(24)28)15(23)14(11)16-17(12-9-10-25-19(22)26-12)30-18(27-16)21(2,3)4/h5,7-10H,1,6H2,2-4H3,(H2,24,28). The molecular formula is C21H20ClFN4O2S. The number of halogens is 2. The Morgan fingerprint density at radius 2 is 2.07 bits per heavy atom. The normalized spacial score (nSPS) is 11.4. The van der Waals surface area contributed by atoms with Crippen LogP contribution in [-0.2, 0) is 11.8 Å². The highest BCUT2D eigenvalue weighted by atomic mass is 35.5. The highest BCUT2D eigenvalue weighted by molar-refractivity contribution is 7.15. The molecule has 2 heterocycles. The highest BCUT2D eigenvalue weighted by Crippen LogP contribution is 2.43. The predicted octanol–water partition coefficient (Wildman–Crippen LogP) is 5.54. The minimum atomic E-state index is -1.10. The largest absolute Gasteiger partial charge is 0.410 e. The second-order valence-corrected chi connectivity index (χ2v) is 8.82. The summed E-state index contributed by atoms with van der Waals surface area (Å²) in [6.45, 7) is 9.79. The number of hydrogen-bond donors (Lipinski definition) is 1. The molecule has 0 saturated carbocycles. The average molecular weight is 447 g/mol. The van der Waals surface area contributed by atoms with Gasteiger partial charge >= 0.3 is 6.09 Å². The molecule has 3 aromatic rings. The quantitative estimate of drug-likeness (QED) is 0.410. The number of benzene rings is 1. The summed E-state index contributed by atoms with van der Waals surface area (Å²) < 4.78 is 20.4. The van der Waals surface area contributed by atoms with Gasteiger partial charge in [-0.25, -0.2) is 24.1 Å². The first-order valence-electron chi connectivity index (χ1n) is 9.02. The maximum absolute atomic E-state index is 15.5. The Kier molecular flexibility index (Phi) is 6.19. The van der Waals surface area contributed by atoms with Crippen LogP contribution in [0.4, 0.5) is 9.18 Å². The monoisotopic (exact) mass is 446 g/mol. The molecule has 2 N–H and O–H groups in total. The van der Waals surface area contributed by atoms with Crippen molar-refractivity contribution in [1.82, 2.24) is 15.0 Å². The van der Waals surface area contributed by atoms with Crippen molar-refractivity contribution in [2.75, 3.05) is 0 Å². The number of carbonyl (C=O) groups is 1. The van der Waals surface area contributed by atoms with Gasteiger partial charge in [-0.2, -0.15) is 0 Å². The van der Waals surface area contributed by atoms with Crippen LogP contribution in [0.2, 0.25) is 5.28 Å². The van der Waals surface area contributed by atoms with Gasteiger partial charge in [-0.15, -0.1) is 17.9 Å².